The number of aryl methyl sites for hydroxylation is 1. The third kappa shape index (κ3) is 2.57. The lowest BCUT2D eigenvalue weighted by Gasteiger charge is -2.12. The van der Waals surface area contributed by atoms with Gasteiger partial charge in [-0.05, 0) is 19.1 Å². The molecule has 3 rings (SSSR count). The molecule has 104 valence electrons. The van der Waals surface area contributed by atoms with Gasteiger partial charge in [0.1, 0.15) is 17.3 Å². The molecule has 3 heterocycles. The van der Waals surface area contributed by atoms with Crippen molar-refractivity contribution < 1.29 is 9.53 Å². The first-order chi connectivity index (χ1) is 9.61. The van der Waals surface area contributed by atoms with Crippen LogP contribution >= 0.6 is 11.3 Å². The molecule has 0 radical (unpaired) electrons. The predicted molar refractivity (Wildman–Crippen MR) is 76.3 cm³/mol. The van der Waals surface area contributed by atoms with Gasteiger partial charge in [-0.2, -0.15) is 0 Å². The first-order valence-electron chi connectivity index (χ1n) is 6.17. The number of aromatic nitrogens is 2. The Morgan fingerprint density at radius 1 is 1.40 bits per heavy atom. The first-order valence-corrected chi connectivity index (χ1v) is 7.05. The van der Waals surface area contributed by atoms with Crippen LogP contribution in [-0.4, -0.2) is 34.4 Å². The Balaban J connectivity index is 1.85. The molecule has 2 aromatic rings. The fourth-order valence-corrected chi connectivity index (χ4v) is 2.58. The van der Waals surface area contributed by atoms with Crippen molar-refractivity contribution in [3.05, 3.63) is 28.9 Å². The number of fused-ring (bicyclic) bond motifs is 1. The van der Waals surface area contributed by atoms with Crippen molar-refractivity contribution in [2.75, 3.05) is 19.0 Å². The van der Waals surface area contributed by atoms with E-state index in [4.69, 9.17) is 4.74 Å². The van der Waals surface area contributed by atoms with E-state index >= 15 is 0 Å². The summed E-state index contributed by atoms with van der Waals surface area (Å²) in [5.41, 5.74) is 1.72. The van der Waals surface area contributed by atoms with E-state index in [1.54, 1.807) is 11.9 Å². The Bertz CT molecular complexity index is 656. The summed E-state index contributed by atoms with van der Waals surface area (Å²) in [7, 11) is 1.74. The van der Waals surface area contributed by atoms with E-state index in [1.807, 2.05) is 24.4 Å². The summed E-state index contributed by atoms with van der Waals surface area (Å²) in [4.78, 5) is 22.1. The van der Waals surface area contributed by atoms with Gasteiger partial charge in [-0.1, -0.05) is 0 Å². The standard InChI is InChI=1S/C13H14N4O2S/c1-8-7-20-13(14-8)16-11-4-3-10-9(15-11)5-17(2)12(18)6-19-10/h3-4,7H,5-6H2,1-2H3,(H,14,15,16). The molecule has 2 aromatic heterocycles. The summed E-state index contributed by atoms with van der Waals surface area (Å²) >= 11 is 1.53. The van der Waals surface area contributed by atoms with Gasteiger partial charge >= 0.3 is 0 Å². The van der Waals surface area contributed by atoms with Crippen molar-refractivity contribution in [1.82, 2.24) is 14.9 Å². The maximum absolute atomic E-state index is 11.6. The highest BCUT2D eigenvalue weighted by atomic mass is 32.1. The summed E-state index contributed by atoms with van der Waals surface area (Å²) in [6.45, 7) is 2.45. The molecule has 1 N–H and O–H groups in total. The van der Waals surface area contributed by atoms with Crippen LogP contribution in [0.3, 0.4) is 0 Å². The van der Waals surface area contributed by atoms with Crippen LogP contribution in [0.5, 0.6) is 5.75 Å². The van der Waals surface area contributed by atoms with Crippen LogP contribution < -0.4 is 10.1 Å². The van der Waals surface area contributed by atoms with E-state index in [-0.39, 0.29) is 12.5 Å². The molecule has 7 heteroatoms. The van der Waals surface area contributed by atoms with Crippen LogP contribution in [-0.2, 0) is 11.3 Å². The fourth-order valence-electron chi connectivity index (χ4n) is 1.89. The average molecular weight is 290 g/mol. The van der Waals surface area contributed by atoms with Crippen molar-refractivity contribution in [3.8, 4) is 5.75 Å². The first kappa shape index (κ1) is 12.9. The summed E-state index contributed by atoms with van der Waals surface area (Å²) in [6, 6.07) is 3.66. The number of anilines is 2. The zero-order valence-corrected chi connectivity index (χ0v) is 12.0. The van der Waals surface area contributed by atoms with E-state index in [0.29, 0.717) is 18.1 Å². The maximum atomic E-state index is 11.6. The zero-order chi connectivity index (χ0) is 14.1. The number of rotatable bonds is 2. The third-order valence-corrected chi connectivity index (χ3v) is 3.83. The largest absolute Gasteiger partial charge is 0.482 e. The second kappa shape index (κ2) is 5.09. The maximum Gasteiger partial charge on any atom is 0.260 e. The van der Waals surface area contributed by atoms with Crippen LogP contribution in [0.15, 0.2) is 17.5 Å². The number of carbonyl (C=O) groups is 1. The minimum atomic E-state index is -0.0481. The van der Waals surface area contributed by atoms with E-state index < -0.39 is 0 Å². The Kier molecular flexibility index (Phi) is 3.27. The number of carbonyl (C=O) groups excluding carboxylic acids is 1. The number of nitrogens with zero attached hydrogens (tertiary/aromatic N) is 3. The molecule has 0 saturated heterocycles. The third-order valence-electron chi connectivity index (χ3n) is 2.95. The summed E-state index contributed by atoms with van der Waals surface area (Å²) < 4.78 is 5.45. The number of pyridine rings is 1. The van der Waals surface area contributed by atoms with Gasteiger partial charge in [0.15, 0.2) is 11.7 Å². The number of hydrogen-bond donors (Lipinski definition) is 1. The molecule has 0 fully saturated rings. The minimum Gasteiger partial charge on any atom is -0.482 e. The number of likely N-dealkylation sites (N-methyl/N-ethyl adjacent to an activating group) is 1. The van der Waals surface area contributed by atoms with Crippen molar-refractivity contribution >= 4 is 28.2 Å². The Hall–Kier alpha value is -2.15. The molecular weight excluding hydrogens is 276 g/mol. The van der Waals surface area contributed by atoms with Gasteiger partial charge in [0.2, 0.25) is 0 Å². The molecule has 0 spiro atoms. The number of thiazole rings is 1. The normalized spacial score (nSPS) is 14.5. The quantitative estimate of drug-likeness (QED) is 0.915. The van der Waals surface area contributed by atoms with Gasteiger partial charge in [-0.3, -0.25) is 4.79 Å². The molecule has 0 aromatic carbocycles. The molecule has 0 unspecified atom stereocenters. The Labute approximate surface area is 120 Å². The van der Waals surface area contributed by atoms with Crippen molar-refractivity contribution in [1.29, 1.82) is 0 Å². The molecule has 0 bridgehead atoms. The smallest absolute Gasteiger partial charge is 0.260 e. The van der Waals surface area contributed by atoms with Crippen molar-refractivity contribution in [2.24, 2.45) is 0 Å². The monoisotopic (exact) mass is 290 g/mol. The summed E-state index contributed by atoms with van der Waals surface area (Å²) in [6.07, 6.45) is 0. The van der Waals surface area contributed by atoms with Gasteiger partial charge in [0.25, 0.3) is 5.91 Å². The number of amides is 1. The molecule has 1 aliphatic heterocycles. The highest BCUT2D eigenvalue weighted by Crippen LogP contribution is 2.25. The SMILES string of the molecule is Cc1csc(Nc2ccc3c(n2)CN(C)C(=O)CO3)n1. The number of hydrogen-bond acceptors (Lipinski definition) is 6. The summed E-state index contributed by atoms with van der Waals surface area (Å²) in [5.74, 6) is 1.31. The van der Waals surface area contributed by atoms with Crippen LogP contribution in [0.25, 0.3) is 0 Å². The topological polar surface area (TPSA) is 67.4 Å². The molecular formula is C13H14N4O2S. The second-order valence-electron chi connectivity index (χ2n) is 4.60. The second-order valence-corrected chi connectivity index (χ2v) is 5.46. The molecule has 0 aliphatic carbocycles. The van der Waals surface area contributed by atoms with Crippen LogP contribution in [0.4, 0.5) is 10.9 Å². The van der Waals surface area contributed by atoms with Crippen LogP contribution in [0.1, 0.15) is 11.4 Å². The lowest BCUT2D eigenvalue weighted by atomic mass is 10.3. The molecule has 20 heavy (non-hydrogen) atoms. The van der Waals surface area contributed by atoms with Gasteiger partial charge in [-0.25, -0.2) is 9.97 Å². The molecule has 1 aliphatic rings. The van der Waals surface area contributed by atoms with E-state index in [2.05, 4.69) is 15.3 Å². The highest BCUT2D eigenvalue weighted by molar-refractivity contribution is 7.13. The fraction of sp³-hybridized carbons (Fsp3) is 0.308. The van der Waals surface area contributed by atoms with Gasteiger partial charge in [-0.15, -0.1) is 11.3 Å². The number of ether oxygens (including phenoxy) is 1. The lowest BCUT2D eigenvalue weighted by molar-refractivity contribution is -0.131. The van der Waals surface area contributed by atoms with Crippen molar-refractivity contribution in [2.45, 2.75) is 13.5 Å². The molecule has 6 nitrogen and oxygen atoms in total. The van der Waals surface area contributed by atoms with E-state index in [0.717, 1.165) is 16.5 Å². The molecule has 0 saturated carbocycles. The summed E-state index contributed by atoms with van der Waals surface area (Å²) in [5, 5.41) is 5.93. The Morgan fingerprint density at radius 2 is 2.25 bits per heavy atom. The van der Waals surface area contributed by atoms with Crippen molar-refractivity contribution in [3.63, 3.8) is 0 Å². The lowest BCUT2D eigenvalue weighted by Crippen LogP contribution is -2.28. The van der Waals surface area contributed by atoms with Crippen LogP contribution in [0.2, 0.25) is 0 Å². The van der Waals surface area contributed by atoms with E-state index in [9.17, 15) is 4.79 Å². The molecule has 0 atom stereocenters. The predicted octanol–water partition coefficient (Wildman–Crippen LogP) is 1.94. The van der Waals surface area contributed by atoms with Gasteiger partial charge in [0, 0.05) is 12.4 Å². The number of nitrogens with one attached hydrogen (secondary N) is 1. The molecule has 1 amide bonds. The van der Waals surface area contributed by atoms with E-state index in [1.165, 1.54) is 11.3 Å². The minimum absolute atomic E-state index is 0.0481. The van der Waals surface area contributed by atoms with Crippen LogP contribution in [0, 0.1) is 6.92 Å². The zero-order valence-electron chi connectivity index (χ0n) is 11.2. The van der Waals surface area contributed by atoms with Gasteiger partial charge in [0.05, 0.1) is 12.2 Å². The highest BCUT2D eigenvalue weighted by Gasteiger charge is 2.19. The average Bonchev–Trinajstić information content (AvgIpc) is 2.76. The van der Waals surface area contributed by atoms with Gasteiger partial charge < -0.3 is 15.0 Å². The Morgan fingerprint density at radius 3 is 3.00 bits per heavy atom.